The molecule has 0 saturated heterocycles. The molecule has 0 fully saturated rings. The number of nitrogens with one attached hydrogen (secondary N) is 2. The first-order chi connectivity index (χ1) is 9.50. The number of hydrogen-bond donors (Lipinski definition) is 2. The Labute approximate surface area is 120 Å². The lowest BCUT2D eigenvalue weighted by Crippen LogP contribution is -2.15. The molecule has 2 aromatic rings. The van der Waals surface area contributed by atoms with Gasteiger partial charge in [0.1, 0.15) is 5.75 Å². The third-order valence-electron chi connectivity index (χ3n) is 3.08. The van der Waals surface area contributed by atoms with E-state index in [-0.39, 0.29) is 5.41 Å². The van der Waals surface area contributed by atoms with Gasteiger partial charge in [-0.1, -0.05) is 20.8 Å². The molecule has 0 unspecified atom stereocenters. The van der Waals surface area contributed by atoms with Crippen molar-refractivity contribution in [3.8, 4) is 5.75 Å². The van der Waals surface area contributed by atoms with Gasteiger partial charge in [-0.15, -0.1) is 0 Å². The van der Waals surface area contributed by atoms with E-state index >= 15 is 0 Å². The van der Waals surface area contributed by atoms with Crippen LogP contribution in [0, 0.1) is 0 Å². The molecule has 2 rings (SSSR count). The van der Waals surface area contributed by atoms with Crippen molar-refractivity contribution < 1.29 is 4.74 Å². The molecule has 0 aliphatic rings. The van der Waals surface area contributed by atoms with Gasteiger partial charge < -0.3 is 10.1 Å². The van der Waals surface area contributed by atoms with Crippen molar-refractivity contribution in [3.05, 3.63) is 41.7 Å². The lowest BCUT2D eigenvalue weighted by molar-refractivity contribution is 0.340. The van der Waals surface area contributed by atoms with Gasteiger partial charge in [0.05, 0.1) is 12.3 Å². The second-order valence-corrected chi connectivity index (χ2v) is 5.82. The van der Waals surface area contributed by atoms with E-state index in [0.29, 0.717) is 6.61 Å². The fourth-order valence-corrected chi connectivity index (χ4v) is 2.13. The normalized spacial score (nSPS) is 11.4. The molecule has 4 nitrogen and oxygen atoms in total. The molecule has 4 heteroatoms. The molecule has 0 aliphatic carbocycles. The Hall–Kier alpha value is -1.97. The number of rotatable bonds is 5. The van der Waals surface area contributed by atoms with Gasteiger partial charge in [-0.05, 0) is 31.2 Å². The van der Waals surface area contributed by atoms with Crippen LogP contribution in [0.3, 0.4) is 0 Å². The van der Waals surface area contributed by atoms with E-state index in [1.54, 1.807) is 0 Å². The highest BCUT2D eigenvalue weighted by molar-refractivity contribution is 5.47. The fourth-order valence-electron chi connectivity index (χ4n) is 2.13. The summed E-state index contributed by atoms with van der Waals surface area (Å²) >= 11 is 0. The lowest BCUT2D eigenvalue weighted by Gasteiger charge is -2.17. The molecule has 1 heterocycles. The van der Waals surface area contributed by atoms with Crippen LogP contribution in [0.1, 0.15) is 39.0 Å². The molecular weight excluding hydrogens is 250 g/mol. The van der Waals surface area contributed by atoms with Crippen molar-refractivity contribution in [2.45, 2.75) is 39.7 Å². The highest BCUT2D eigenvalue weighted by Gasteiger charge is 2.20. The molecule has 0 atom stereocenters. The number of hydrogen-bond acceptors (Lipinski definition) is 3. The standard InChI is InChI=1S/C16H23N3O/c1-5-20-14-8-6-13(7-9-14)17-10-12-11-18-19-15(12)16(2,3)4/h6-9,11,17H,5,10H2,1-4H3,(H,18,19). The predicted molar refractivity (Wildman–Crippen MR) is 82.2 cm³/mol. The van der Waals surface area contributed by atoms with Crippen LogP contribution in [0.5, 0.6) is 5.75 Å². The van der Waals surface area contributed by atoms with Crippen molar-refractivity contribution in [3.63, 3.8) is 0 Å². The van der Waals surface area contributed by atoms with Crippen molar-refractivity contribution in [1.29, 1.82) is 0 Å². The predicted octanol–water partition coefficient (Wildman–Crippen LogP) is 3.72. The molecule has 1 aromatic heterocycles. The van der Waals surface area contributed by atoms with E-state index in [2.05, 4.69) is 36.3 Å². The van der Waals surface area contributed by atoms with Crippen LogP contribution >= 0.6 is 0 Å². The van der Waals surface area contributed by atoms with Gasteiger partial charge in [0, 0.05) is 29.4 Å². The van der Waals surface area contributed by atoms with Crippen LogP contribution in [0.25, 0.3) is 0 Å². The number of H-pyrrole nitrogens is 1. The first-order valence-corrected chi connectivity index (χ1v) is 7.00. The summed E-state index contributed by atoms with van der Waals surface area (Å²) in [5.74, 6) is 0.900. The molecule has 0 aliphatic heterocycles. The Balaban J connectivity index is 2.00. The maximum Gasteiger partial charge on any atom is 0.119 e. The topological polar surface area (TPSA) is 49.9 Å². The SMILES string of the molecule is CCOc1ccc(NCc2c[nH]nc2C(C)(C)C)cc1. The smallest absolute Gasteiger partial charge is 0.119 e. The first-order valence-electron chi connectivity index (χ1n) is 7.00. The number of nitrogens with zero attached hydrogens (tertiary/aromatic N) is 1. The zero-order chi connectivity index (χ0) is 14.6. The summed E-state index contributed by atoms with van der Waals surface area (Å²) in [6, 6.07) is 8.02. The minimum absolute atomic E-state index is 0.0514. The van der Waals surface area contributed by atoms with Crippen LogP contribution in [-0.4, -0.2) is 16.8 Å². The van der Waals surface area contributed by atoms with Crippen molar-refractivity contribution in [2.75, 3.05) is 11.9 Å². The van der Waals surface area contributed by atoms with E-state index < -0.39 is 0 Å². The Bertz CT molecular complexity index is 538. The van der Waals surface area contributed by atoms with E-state index in [4.69, 9.17) is 4.74 Å². The molecule has 0 bridgehead atoms. The summed E-state index contributed by atoms with van der Waals surface area (Å²) in [5, 5.41) is 10.7. The zero-order valence-electron chi connectivity index (χ0n) is 12.7. The third kappa shape index (κ3) is 3.53. The van der Waals surface area contributed by atoms with Gasteiger partial charge in [0.2, 0.25) is 0 Å². The monoisotopic (exact) mass is 273 g/mol. The van der Waals surface area contributed by atoms with E-state index in [9.17, 15) is 0 Å². The van der Waals surface area contributed by atoms with Crippen molar-refractivity contribution in [2.24, 2.45) is 0 Å². The maximum absolute atomic E-state index is 5.43. The first kappa shape index (κ1) is 14.4. The minimum atomic E-state index is 0.0514. The number of ether oxygens (including phenoxy) is 1. The maximum atomic E-state index is 5.43. The van der Waals surface area contributed by atoms with Crippen LogP contribution in [0.2, 0.25) is 0 Å². The summed E-state index contributed by atoms with van der Waals surface area (Å²) in [4.78, 5) is 0. The zero-order valence-corrected chi connectivity index (χ0v) is 12.7. The summed E-state index contributed by atoms with van der Waals surface area (Å²) < 4.78 is 5.43. The molecule has 108 valence electrons. The summed E-state index contributed by atoms with van der Waals surface area (Å²) in [6.07, 6.45) is 1.96. The average Bonchev–Trinajstić information content (AvgIpc) is 2.87. The van der Waals surface area contributed by atoms with E-state index in [1.807, 2.05) is 37.4 Å². The molecule has 1 aromatic carbocycles. The van der Waals surface area contributed by atoms with Gasteiger partial charge in [-0.3, -0.25) is 5.10 Å². The number of anilines is 1. The van der Waals surface area contributed by atoms with Gasteiger partial charge >= 0.3 is 0 Å². The average molecular weight is 273 g/mol. The van der Waals surface area contributed by atoms with Gasteiger partial charge in [0.25, 0.3) is 0 Å². The number of aromatic amines is 1. The lowest BCUT2D eigenvalue weighted by atomic mass is 9.89. The molecule has 20 heavy (non-hydrogen) atoms. The fraction of sp³-hybridized carbons (Fsp3) is 0.438. The Morgan fingerprint density at radius 1 is 1.20 bits per heavy atom. The second kappa shape index (κ2) is 5.99. The van der Waals surface area contributed by atoms with Gasteiger partial charge in [-0.2, -0.15) is 5.10 Å². The summed E-state index contributed by atoms with van der Waals surface area (Å²) in [7, 11) is 0. The highest BCUT2D eigenvalue weighted by Crippen LogP contribution is 2.24. The number of aromatic nitrogens is 2. The quantitative estimate of drug-likeness (QED) is 0.873. The second-order valence-electron chi connectivity index (χ2n) is 5.82. The Kier molecular flexibility index (Phi) is 4.32. The third-order valence-corrected chi connectivity index (χ3v) is 3.08. The summed E-state index contributed by atoms with van der Waals surface area (Å²) in [6.45, 7) is 9.95. The Morgan fingerprint density at radius 3 is 2.50 bits per heavy atom. The molecule has 0 saturated carbocycles. The number of benzene rings is 1. The van der Waals surface area contributed by atoms with E-state index in [1.165, 1.54) is 5.56 Å². The van der Waals surface area contributed by atoms with Crippen molar-refractivity contribution >= 4 is 5.69 Å². The van der Waals surface area contributed by atoms with Gasteiger partial charge in [0.15, 0.2) is 0 Å². The van der Waals surface area contributed by atoms with Crippen LogP contribution in [-0.2, 0) is 12.0 Å². The van der Waals surface area contributed by atoms with Crippen LogP contribution < -0.4 is 10.1 Å². The van der Waals surface area contributed by atoms with Crippen LogP contribution in [0.15, 0.2) is 30.5 Å². The molecule has 0 amide bonds. The largest absolute Gasteiger partial charge is 0.494 e. The van der Waals surface area contributed by atoms with Crippen molar-refractivity contribution in [1.82, 2.24) is 10.2 Å². The summed E-state index contributed by atoms with van der Waals surface area (Å²) in [5.41, 5.74) is 3.44. The molecule has 0 spiro atoms. The van der Waals surface area contributed by atoms with E-state index in [0.717, 1.165) is 23.7 Å². The van der Waals surface area contributed by atoms with Crippen LogP contribution in [0.4, 0.5) is 5.69 Å². The Morgan fingerprint density at radius 2 is 1.90 bits per heavy atom. The molecule has 0 radical (unpaired) electrons. The molecule has 2 N–H and O–H groups in total. The highest BCUT2D eigenvalue weighted by atomic mass is 16.5. The van der Waals surface area contributed by atoms with Gasteiger partial charge in [-0.25, -0.2) is 0 Å². The minimum Gasteiger partial charge on any atom is -0.494 e. The molecular formula is C16H23N3O.